The number of fused-ring (bicyclic) bond motifs is 1. The number of carboxylic acid groups (broad SMARTS) is 1. The summed E-state index contributed by atoms with van der Waals surface area (Å²) in [7, 11) is -2.09. The predicted molar refractivity (Wildman–Crippen MR) is 170 cm³/mol. The van der Waals surface area contributed by atoms with E-state index < -0.39 is 45.9 Å². The van der Waals surface area contributed by atoms with E-state index in [1.54, 1.807) is 59.5 Å². The molecule has 0 spiro atoms. The van der Waals surface area contributed by atoms with Crippen molar-refractivity contribution >= 4 is 51.0 Å². The van der Waals surface area contributed by atoms with Crippen molar-refractivity contribution < 1.29 is 32.7 Å². The topological polar surface area (TPSA) is 133 Å². The Kier molecular flexibility index (Phi) is 9.85. The number of carbonyl (C=O) groups is 3. The summed E-state index contributed by atoms with van der Waals surface area (Å²) in [5.41, 5.74) is 4.39. The second kappa shape index (κ2) is 13.5. The van der Waals surface area contributed by atoms with Crippen molar-refractivity contribution in [2.75, 3.05) is 13.3 Å². The van der Waals surface area contributed by atoms with Crippen LogP contribution in [0.4, 0.5) is 0 Å². The molecule has 0 bridgehead atoms. The Labute approximate surface area is 271 Å². The van der Waals surface area contributed by atoms with Crippen LogP contribution in [0.25, 0.3) is 0 Å². The number of carboxylic acids is 1. The lowest BCUT2D eigenvalue weighted by molar-refractivity contribution is -0.138. The molecule has 0 aromatic heterocycles. The summed E-state index contributed by atoms with van der Waals surface area (Å²) >= 11 is 13.0. The fourth-order valence-electron chi connectivity index (χ4n) is 6.41. The molecule has 10 nitrogen and oxygen atoms in total. The molecule has 1 heterocycles. The second-order valence-electron chi connectivity index (χ2n) is 11.3. The summed E-state index contributed by atoms with van der Waals surface area (Å²) in [4.78, 5) is 47.2. The first kappa shape index (κ1) is 32.9. The van der Waals surface area contributed by atoms with Crippen LogP contribution in [0.2, 0.25) is 10.0 Å². The van der Waals surface area contributed by atoms with E-state index in [1.165, 1.54) is 23.5 Å². The lowest BCUT2D eigenvalue weighted by atomic mass is 9.76. The van der Waals surface area contributed by atoms with Crippen LogP contribution in [-0.4, -0.2) is 65.9 Å². The van der Waals surface area contributed by atoms with Gasteiger partial charge in [0.2, 0.25) is 10.0 Å². The average molecular weight is 675 g/mol. The van der Waals surface area contributed by atoms with Gasteiger partial charge in [0.1, 0.15) is 0 Å². The first-order valence-electron chi connectivity index (χ1n) is 14.4. The maximum atomic E-state index is 14.4. The first-order valence-corrected chi connectivity index (χ1v) is 17.0. The summed E-state index contributed by atoms with van der Waals surface area (Å²) in [5, 5.41) is 9.94. The Balaban J connectivity index is 1.58. The number of benzene rings is 3. The minimum Gasteiger partial charge on any atom is -0.478 e. The molecule has 0 unspecified atom stereocenters. The van der Waals surface area contributed by atoms with Crippen LogP contribution in [0.15, 0.2) is 66.7 Å². The number of hydrogen-bond donors (Lipinski definition) is 2. The molecule has 2 aliphatic rings. The van der Waals surface area contributed by atoms with Crippen LogP contribution < -0.4 is 5.48 Å². The third-order valence-corrected chi connectivity index (χ3v) is 10.4. The van der Waals surface area contributed by atoms with Crippen LogP contribution in [-0.2, 0) is 26.3 Å². The van der Waals surface area contributed by atoms with Gasteiger partial charge in [-0.15, -0.1) is 0 Å². The monoisotopic (exact) mass is 673 g/mol. The van der Waals surface area contributed by atoms with E-state index in [0.29, 0.717) is 40.1 Å². The maximum Gasteiger partial charge on any atom is 0.335 e. The quantitative estimate of drug-likeness (QED) is 0.290. The normalized spacial score (nSPS) is 21.8. The van der Waals surface area contributed by atoms with E-state index >= 15 is 0 Å². The van der Waals surface area contributed by atoms with E-state index in [-0.39, 0.29) is 23.1 Å². The minimum absolute atomic E-state index is 0.0799. The Morgan fingerprint density at radius 1 is 1.02 bits per heavy atom. The van der Waals surface area contributed by atoms with Crippen molar-refractivity contribution in [2.45, 2.75) is 56.3 Å². The number of likely N-dealkylation sites (N-methyl/N-ethyl adjacent to an activating group) is 1. The molecule has 1 aliphatic carbocycles. The highest BCUT2D eigenvalue weighted by molar-refractivity contribution is 7.88. The Hall–Kier alpha value is -3.48. The largest absolute Gasteiger partial charge is 0.478 e. The minimum atomic E-state index is -3.61. The standard InChI is InChI=1S/C32H33Cl2N3O7S/c1-36(45(2,42)43)26-12-5-6-13-27(26)37-29(24-15-14-21(33)17-25(24)34)28(22-10-3-4-11-23(22)31(37)39)30(38)35-44-18-19-8-7-9-20(16-19)32(40)41/h3-4,7-11,14-17,26-29H,5-6,12-13,18H2,1-2H3,(H,35,38)(H,40,41)/t26-,27-,28+,29-/m0/s1. The average Bonchev–Trinajstić information content (AvgIpc) is 3.00. The summed E-state index contributed by atoms with van der Waals surface area (Å²) in [5.74, 6) is -2.99. The highest BCUT2D eigenvalue weighted by Crippen LogP contribution is 2.48. The van der Waals surface area contributed by atoms with E-state index in [4.69, 9.17) is 28.0 Å². The molecular weight excluding hydrogens is 641 g/mol. The summed E-state index contributed by atoms with van der Waals surface area (Å²) in [6, 6.07) is 15.8. The van der Waals surface area contributed by atoms with E-state index in [2.05, 4.69) is 5.48 Å². The van der Waals surface area contributed by atoms with Gasteiger partial charge in [0.05, 0.1) is 30.4 Å². The molecule has 3 aromatic carbocycles. The highest BCUT2D eigenvalue weighted by atomic mass is 35.5. The van der Waals surface area contributed by atoms with Gasteiger partial charge < -0.3 is 10.0 Å². The molecule has 5 rings (SSSR count). The third kappa shape index (κ3) is 6.87. The van der Waals surface area contributed by atoms with Crippen molar-refractivity contribution in [3.8, 4) is 0 Å². The molecule has 3 aromatic rings. The number of hydrogen-bond acceptors (Lipinski definition) is 6. The maximum absolute atomic E-state index is 14.4. The number of nitrogens with zero attached hydrogens (tertiary/aromatic N) is 2. The smallest absolute Gasteiger partial charge is 0.335 e. The second-order valence-corrected chi connectivity index (χ2v) is 14.2. The number of rotatable bonds is 9. The van der Waals surface area contributed by atoms with Gasteiger partial charge in [-0.3, -0.25) is 14.4 Å². The van der Waals surface area contributed by atoms with E-state index in [9.17, 15) is 27.9 Å². The van der Waals surface area contributed by atoms with E-state index in [1.807, 2.05) is 0 Å². The molecule has 2 N–H and O–H groups in total. The predicted octanol–water partition coefficient (Wildman–Crippen LogP) is 5.42. The molecule has 1 aliphatic heterocycles. The van der Waals surface area contributed by atoms with Gasteiger partial charge in [-0.05, 0) is 59.9 Å². The van der Waals surface area contributed by atoms with Gasteiger partial charge in [-0.1, -0.05) is 72.4 Å². The Morgan fingerprint density at radius 3 is 2.47 bits per heavy atom. The van der Waals surface area contributed by atoms with Gasteiger partial charge in [-0.25, -0.2) is 23.0 Å². The molecule has 1 fully saturated rings. The highest BCUT2D eigenvalue weighted by Gasteiger charge is 2.50. The van der Waals surface area contributed by atoms with Gasteiger partial charge in [0, 0.05) is 34.7 Å². The lowest BCUT2D eigenvalue weighted by Crippen LogP contribution is -2.59. The van der Waals surface area contributed by atoms with Crippen LogP contribution in [0.1, 0.15) is 75.0 Å². The number of sulfonamides is 1. The zero-order valence-electron chi connectivity index (χ0n) is 24.7. The van der Waals surface area contributed by atoms with Gasteiger partial charge in [0.25, 0.3) is 11.8 Å². The summed E-state index contributed by atoms with van der Waals surface area (Å²) in [6.07, 6.45) is 3.74. The lowest BCUT2D eigenvalue weighted by Gasteiger charge is -2.50. The number of carbonyl (C=O) groups excluding carboxylic acids is 2. The Bertz CT molecular complexity index is 1740. The van der Waals surface area contributed by atoms with Crippen LogP contribution in [0.5, 0.6) is 0 Å². The molecule has 13 heteroatoms. The van der Waals surface area contributed by atoms with Crippen molar-refractivity contribution in [3.63, 3.8) is 0 Å². The SMILES string of the molecule is CN([C@H]1CCCC[C@@H]1N1C(=O)c2ccccc2[C@@H](C(=O)NOCc2cccc(C(=O)O)c2)[C@@H]1c1ccc(Cl)cc1Cl)S(C)(=O)=O. The fourth-order valence-corrected chi connectivity index (χ4v) is 7.66. The molecule has 1 saturated carbocycles. The van der Waals surface area contributed by atoms with Crippen LogP contribution >= 0.6 is 23.2 Å². The van der Waals surface area contributed by atoms with Crippen LogP contribution in [0, 0.1) is 0 Å². The number of hydroxylamine groups is 1. The number of nitrogens with one attached hydrogen (secondary N) is 1. The van der Waals surface area contributed by atoms with Gasteiger partial charge in [0.15, 0.2) is 0 Å². The molecule has 45 heavy (non-hydrogen) atoms. The zero-order valence-corrected chi connectivity index (χ0v) is 27.0. The van der Waals surface area contributed by atoms with Crippen molar-refractivity contribution in [3.05, 3.63) is 105 Å². The third-order valence-electron chi connectivity index (χ3n) is 8.57. The summed E-state index contributed by atoms with van der Waals surface area (Å²) < 4.78 is 26.8. The molecular formula is C32H33Cl2N3O7S. The van der Waals surface area contributed by atoms with Crippen molar-refractivity contribution in [1.29, 1.82) is 0 Å². The number of aromatic carboxylic acids is 1. The molecule has 2 amide bonds. The number of halogens is 2. The summed E-state index contributed by atoms with van der Waals surface area (Å²) in [6.45, 7) is -0.111. The van der Waals surface area contributed by atoms with E-state index in [0.717, 1.165) is 19.1 Å². The molecule has 4 atom stereocenters. The Morgan fingerprint density at radius 2 is 1.76 bits per heavy atom. The van der Waals surface area contributed by atoms with Crippen molar-refractivity contribution in [1.82, 2.24) is 14.7 Å². The zero-order chi connectivity index (χ0) is 32.5. The van der Waals surface area contributed by atoms with Crippen LogP contribution in [0.3, 0.4) is 0 Å². The molecule has 0 radical (unpaired) electrons. The van der Waals surface area contributed by atoms with Gasteiger partial charge >= 0.3 is 5.97 Å². The van der Waals surface area contributed by atoms with Gasteiger partial charge in [-0.2, -0.15) is 0 Å². The molecule has 238 valence electrons. The molecule has 0 saturated heterocycles. The van der Waals surface area contributed by atoms with Crippen molar-refractivity contribution in [2.24, 2.45) is 0 Å². The fraction of sp³-hybridized carbons (Fsp3) is 0.344. The number of amides is 2. The first-order chi connectivity index (χ1) is 21.4.